The average Bonchev–Trinajstić information content (AvgIpc) is 2.75. The Morgan fingerprint density at radius 2 is 2.45 bits per heavy atom. The van der Waals surface area contributed by atoms with Gasteiger partial charge < -0.3 is 0 Å². The minimum Gasteiger partial charge on any atom is -0.294 e. The summed E-state index contributed by atoms with van der Waals surface area (Å²) >= 11 is 0. The second-order valence-electron chi connectivity index (χ2n) is 3.11. The number of hydrogen-bond donors (Lipinski definition) is 1. The molecule has 0 unspecified atom stereocenters. The van der Waals surface area contributed by atoms with E-state index in [0.717, 1.165) is 6.04 Å². The van der Waals surface area contributed by atoms with Crippen LogP contribution in [0.1, 0.15) is 18.9 Å². The summed E-state index contributed by atoms with van der Waals surface area (Å²) in [6, 6.07) is 2.81. The number of nitrogens with one attached hydrogen (secondary N) is 1. The number of H-pyrrole nitrogens is 1. The molecule has 0 aromatic carbocycles. The van der Waals surface area contributed by atoms with Crippen molar-refractivity contribution < 1.29 is 0 Å². The normalized spacial score (nSPS) is 17.8. The van der Waals surface area contributed by atoms with Crippen LogP contribution in [0, 0.1) is 0 Å². The minimum absolute atomic E-state index is 0.755. The summed E-state index contributed by atoms with van der Waals surface area (Å²) in [5.41, 5.74) is 2.47. The number of fused-ring (bicyclic) bond motifs is 1. The first kappa shape index (κ1) is 5.41. The van der Waals surface area contributed by atoms with Crippen LogP contribution in [0.15, 0.2) is 18.5 Å². The van der Waals surface area contributed by atoms with Gasteiger partial charge in [0.15, 0.2) is 0 Å². The Morgan fingerprint density at radius 1 is 1.55 bits per heavy atom. The summed E-state index contributed by atoms with van der Waals surface area (Å²) in [5.74, 6) is 0. The summed E-state index contributed by atoms with van der Waals surface area (Å²) in [6.07, 6.45) is 6.37. The van der Waals surface area contributed by atoms with Crippen LogP contribution in [0.4, 0.5) is 0 Å². The number of nitrogens with zero attached hydrogens (tertiary/aromatic N) is 2. The highest BCUT2D eigenvalue weighted by Crippen LogP contribution is 2.37. The van der Waals surface area contributed by atoms with Crippen LogP contribution >= 0.6 is 0 Å². The van der Waals surface area contributed by atoms with E-state index in [0.29, 0.717) is 0 Å². The molecule has 1 saturated carbocycles. The molecule has 3 heteroatoms. The Kier molecular flexibility index (Phi) is 0.820. The maximum Gasteiger partial charge on any atom is 0.0977 e. The molecular weight excluding hydrogens is 138 g/mol. The summed E-state index contributed by atoms with van der Waals surface area (Å²) in [6.45, 7) is 0. The van der Waals surface area contributed by atoms with Gasteiger partial charge in [0.1, 0.15) is 0 Å². The molecule has 2 aromatic rings. The van der Waals surface area contributed by atoms with Crippen LogP contribution in [-0.2, 0) is 0 Å². The average molecular weight is 147 g/mol. The van der Waals surface area contributed by atoms with Gasteiger partial charge in [0.05, 0.1) is 23.3 Å². The number of aromatic amines is 1. The lowest BCUT2D eigenvalue weighted by Gasteiger charge is -2.14. The van der Waals surface area contributed by atoms with Crippen LogP contribution < -0.4 is 0 Å². The molecule has 2 heterocycles. The van der Waals surface area contributed by atoms with Crippen molar-refractivity contribution in [2.45, 2.75) is 18.9 Å². The monoisotopic (exact) mass is 147 g/mol. The zero-order valence-electron chi connectivity index (χ0n) is 6.12. The lowest BCUT2D eigenvalue weighted by Crippen LogP contribution is -2.08. The molecule has 0 atom stereocenters. The molecule has 0 amide bonds. The van der Waals surface area contributed by atoms with E-state index >= 15 is 0 Å². The van der Waals surface area contributed by atoms with Crippen molar-refractivity contribution in [2.75, 3.05) is 0 Å². The third-order valence-corrected chi connectivity index (χ3v) is 2.21. The van der Waals surface area contributed by atoms with Gasteiger partial charge in [-0.3, -0.25) is 14.8 Å². The molecule has 0 radical (unpaired) electrons. The molecule has 0 saturated heterocycles. The van der Waals surface area contributed by atoms with E-state index in [2.05, 4.69) is 20.8 Å². The lowest BCUT2D eigenvalue weighted by molar-refractivity contribution is 0.639. The van der Waals surface area contributed by atoms with Crippen molar-refractivity contribution in [1.82, 2.24) is 14.8 Å². The summed E-state index contributed by atoms with van der Waals surface area (Å²) in [5, 5.41) is 3.26. The Morgan fingerprint density at radius 3 is 3.18 bits per heavy atom. The highest BCUT2D eigenvalue weighted by molar-refractivity contribution is 5.75. The molecule has 0 bridgehead atoms. The molecule has 1 N–H and O–H groups in total. The van der Waals surface area contributed by atoms with Crippen LogP contribution in [0.2, 0.25) is 0 Å². The first-order chi connectivity index (χ1) is 5.45. The van der Waals surface area contributed by atoms with E-state index in [1.807, 2.05) is 12.4 Å². The third kappa shape index (κ3) is 0.651. The maximum absolute atomic E-state index is 4.02. The standard InChI is InChI=1S/C8H9N3/c1-2-6(1)11-8-3-4-9-5-7(8)10-11/h3-6,10H,1-2H2. The van der Waals surface area contributed by atoms with Gasteiger partial charge in [-0.2, -0.15) is 0 Å². The molecule has 56 valence electrons. The second kappa shape index (κ2) is 1.67. The first-order valence-corrected chi connectivity index (χ1v) is 3.95. The molecule has 3 nitrogen and oxygen atoms in total. The largest absolute Gasteiger partial charge is 0.294 e. The van der Waals surface area contributed by atoms with Crippen molar-refractivity contribution in [1.29, 1.82) is 0 Å². The fraction of sp³-hybridized carbons (Fsp3) is 0.375. The topological polar surface area (TPSA) is 33.6 Å². The van der Waals surface area contributed by atoms with E-state index in [1.165, 1.54) is 23.9 Å². The van der Waals surface area contributed by atoms with Gasteiger partial charge in [0.25, 0.3) is 0 Å². The van der Waals surface area contributed by atoms with E-state index in [4.69, 9.17) is 0 Å². The van der Waals surface area contributed by atoms with Crippen molar-refractivity contribution in [2.24, 2.45) is 0 Å². The first-order valence-electron chi connectivity index (χ1n) is 3.95. The zero-order chi connectivity index (χ0) is 7.26. The molecule has 3 rings (SSSR count). The Balaban J connectivity index is 2.18. The smallest absolute Gasteiger partial charge is 0.0977 e. The predicted octanol–water partition coefficient (Wildman–Crippen LogP) is 1.70. The van der Waals surface area contributed by atoms with Crippen molar-refractivity contribution in [3.63, 3.8) is 0 Å². The van der Waals surface area contributed by atoms with Crippen LogP contribution in [0.25, 0.3) is 11.0 Å². The quantitative estimate of drug-likeness (QED) is 0.654. The number of aromatic nitrogens is 3. The fourth-order valence-electron chi connectivity index (χ4n) is 1.44. The molecular formula is C8H9N3. The minimum atomic E-state index is 0.755. The van der Waals surface area contributed by atoms with Gasteiger partial charge in [-0.25, -0.2) is 0 Å². The second-order valence-corrected chi connectivity index (χ2v) is 3.11. The maximum atomic E-state index is 4.02. The van der Waals surface area contributed by atoms with Crippen LogP contribution in [0.3, 0.4) is 0 Å². The number of hydrogen-bond acceptors (Lipinski definition) is 1. The van der Waals surface area contributed by atoms with Gasteiger partial charge in [-0.15, -0.1) is 0 Å². The summed E-state index contributed by atoms with van der Waals surface area (Å²) in [4.78, 5) is 4.02. The molecule has 0 aliphatic heterocycles. The summed E-state index contributed by atoms with van der Waals surface area (Å²) in [7, 11) is 0. The highest BCUT2D eigenvalue weighted by Gasteiger charge is 2.26. The van der Waals surface area contributed by atoms with E-state index < -0.39 is 0 Å². The fourth-order valence-corrected chi connectivity index (χ4v) is 1.44. The van der Waals surface area contributed by atoms with Gasteiger partial charge in [-0.05, 0) is 18.9 Å². The zero-order valence-corrected chi connectivity index (χ0v) is 6.12. The van der Waals surface area contributed by atoms with E-state index in [-0.39, 0.29) is 0 Å². The molecule has 2 aromatic heterocycles. The van der Waals surface area contributed by atoms with Gasteiger partial charge in [0.2, 0.25) is 0 Å². The Labute approximate surface area is 64.0 Å². The molecule has 0 spiro atoms. The van der Waals surface area contributed by atoms with Gasteiger partial charge in [0, 0.05) is 6.20 Å². The van der Waals surface area contributed by atoms with Gasteiger partial charge >= 0.3 is 0 Å². The van der Waals surface area contributed by atoms with Crippen molar-refractivity contribution in [3.05, 3.63) is 18.5 Å². The Hall–Kier alpha value is -1.25. The molecule has 1 aliphatic rings. The molecule has 11 heavy (non-hydrogen) atoms. The third-order valence-electron chi connectivity index (χ3n) is 2.21. The number of pyridine rings is 1. The van der Waals surface area contributed by atoms with Gasteiger partial charge in [-0.1, -0.05) is 0 Å². The van der Waals surface area contributed by atoms with Crippen LogP contribution in [0.5, 0.6) is 0 Å². The van der Waals surface area contributed by atoms with Crippen LogP contribution in [-0.4, -0.2) is 14.8 Å². The SMILES string of the molecule is c1cc2c(cn1)[nH]n2C1CC1. The number of rotatable bonds is 1. The van der Waals surface area contributed by atoms with E-state index in [1.54, 1.807) is 0 Å². The lowest BCUT2D eigenvalue weighted by atomic mass is 10.3. The predicted molar refractivity (Wildman–Crippen MR) is 42.4 cm³/mol. The Bertz CT molecular complexity index is 381. The van der Waals surface area contributed by atoms with Crippen molar-refractivity contribution in [3.8, 4) is 0 Å². The highest BCUT2D eigenvalue weighted by atomic mass is 15.3. The molecule has 1 aliphatic carbocycles. The summed E-state index contributed by atoms with van der Waals surface area (Å²) < 4.78 is 2.23. The van der Waals surface area contributed by atoms with Crippen molar-refractivity contribution >= 4 is 11.0 Å². The van der Waals surface area contributed by atoms with E-state index in [9.17, 15) is 0 Å². The molecule has 1 fully saturated rings.